The van der Waals surface area contributed by atoms with E-state index in [-0.39, 0.29) is 11.9 Å². The number of benzene rings is 1. The predicted molar refractivity (Wildman–Crippen MR) is 88.2 cm³/mol. The van der Waals surface area contributed by atoms with Crippen molar-refractivity contribution in [2.24, 2.45) is 0 Å². The minimum atomic E-state index is -0.203. The molecule has 1 saturated heterocycles. The molecule has 2 fully saturated rings. The molecular weight excluding hydrogens is 304 g/mol. The second-order valence-electron chi connectivity index (χ2n) is 6.64. The van der Waals surface area contributed by atoms with E-state index in [0.29, 0.717) is 24.8 Å². The van der Waals surface area contributed by atoms with Crippen molar-refractivity contribution in [3.63, 3.8) is 0 Å². The molecule has 1 aliphatic carbocycles. The molecule has 4 rings (SSSR count). The lowest BCUT2D eigenvalue weighted by atomic mass is 10.0. The maximum Gasteiger partial charge on any atom is 0.240 e. The first-order valence-electron chi connectivity index (χ1n) is 8.68. The molecule has 1 N–H and O–H groups in total. The molecule has 126 valence electrons. The molecule has 0 spiro atoms. The van der Waals surface area contributed by atoms with Crippen LogP contribution in [0.25, 0.3) is 0 Å². The fraction of sp³-hybridized carbons (Fsp3) is 0.500. The number of amides is 1. The Morgan fingerprint density at radius 2 is 2.08 bits per heavy atom. The van der Waals surface area contributed by atoms with E-state index in [0.717, 1.165) is 43.7 Å². The molecule has 2 heterocycles. The Morgan fingerprint density at radius 1 is 1.25 bits per heavy atom. The summed E-state index contributed by atoms with van der Waals surface area (Å²) in [6.07, 6.45) is 3.93. The van der Waals surface area contributed by atoms with Crippen LogP contribution in [0.3, 0.4) is 0 Å². The molecule has 2 aromatic rings. The largest absolute Gasteiger partial charge is 0.355 e. The Hall–Kier alpha value is -2.21. The lowest BCUT2D eigenvalue weighted by Gasteiger charge is -2.26. The topological polar surface area (TPSA) is 71.3 Å². The Bertz CT molecular complexity index is 696. The number of hydrogen-bond donors (Lipinski definition) is 1. The summed E-state index contributed by atoms with van der Waals surface area (Å²) in [5, 5.41) is 7.10. The quantitative estimate of drug-likeness (QED) is 0.908. The van der Waals surface area contributed by atoms with Crippen molar-refractivity contribution < 1.29 is 9.32 Å². The zero-order chi connectivity index (χ0) is 16.4. The third kappa shape index (κ3) is 3.48. The zero-order valence-corrected chi connectivity index (χ0v) is 13.6. The molecule has 1 aliphatic heterocycles. The van der Waals surface area contributed by atoms with Gasteiger partial charge in [-0.25, -0.2) is 0 Å². The number of carbonyl (C=O) groups excluding carboxylic acids is 1. The standard InChI is InChI=1S/C18H22N4O2/c23-18-15(11-13-5-2-1-3-6-13)22(10-4-9-19-18)12-16-20-17(21-24-16)14-7-8-14/h1-3,5-6,14-15H,4,7-12H2,(H,19,23). The third-order valence-electron chi connectivity index (χ3n) is 4.70. The Kier molecular flexibility index (Phi) is 4.30. The number of hydrogen-bond acceptors (Lipinski definition) is 5. The van der Waals surface area contributed by atoms with Gasteiger partial charge in [0.15, 0.2) is 5.82 Å². The van der Waals surface area contributed by atoms with Gasteiger partial charge in [0, 0.05) is 19.0 Å². The molecule has 0 radical (unpaired) electrons. The maximum absolute atomic E-state index is 12.5. The highest BCUT2D eigenvalue weighted by Crippen LogP contribution is 2.38. The fourth-order valence-corrected chi connectivity index (χ4v) is 3.19. The fourth-order valence-electron chi connectivity index (χ4n) is 3.19. The first-order valence-corrected chi connectivity index (χ1v) is 8.68. The van der Waals surface area contributed by atoms with Crippen molar-refractivity contribution in [1.82, 2.24) is 20.4 Å². The van der Waals surface area contributed by atoms with Crippen molar-refractivity contribution in [3.05, 3.63) is 47.6 Å². The average Bonchev–Trinajstić information content (AvgIpc) is 3.37. The van der Waals surface area contributed by atoms with Gasteiger partial charge in [0.1, 0.15) is 0 Å². The maximum atomic E-state index is 12.5. The molecule has 24 heavy (non-hydrogen) atoms. The van der Waals surface area contributed by atoms with Gasteiger partial charge in [0.05, 0.1) is 12.6 Å². The lowest BCUT2D eigenvalue weighted by molar-refractivity contribution is -0.125. The third-order valence-corrected chi connectivity index (χ3v) is 4.70. The van der Waals surface area contributed by atoms with Gasteiger partial charge in [-0.1, -0.05) is 35.5 Å². The number of carbonyl (C=O) groups is 1. The van der Waals surface area contributed by atoms with Gasteiger partial charge >= 0.3 is 0 Å². The zero-order valence-electron chi connectivity index (χ0n) is 13.6. The Labute approximate surface area is 141 Å². The van der Waals surface area contributed by atoms with Crippen LogP contribution in [0.2, 0.25) is 0 Å². The summed E-state index contributed by atoms with van der Waals surface area (Å²) >= 11 is 0. The van der Waals surface area contributed by atoms with Gasteiger partial charge in [-0.2, -0.15) is 4.98 Å². The van der Waals surface area contributed by atoms with Gasteiger partial charge < -0.3 is 9.84 Å². The highest BCUT2D eigenvalue weighted by atomic mass is 16.5. The van der Waals surface area contributed by atoms with Crippen LogP contribution >= 0.6 is 0 Å². The predicted octanol–water partition coefficient (Wildman–Crippen LogP) is 1.88. The van der Waals surface area contributed by atoms with E-state index in [2.05, 4.69) is 32.5 Å². The number of rotatable bonds is 5. The van der Waals surface area contributed by atoms with Crippen LogP contribution in [0.5, 0.6) is 0 Å². The molecule has 1 saturated carbocycles. The van der Waals surface area contributed by atoms with Crippen LogP contribution in [0.4, 0.5) is 0 Å². The minimum Gasteiger partial charge on any atom is -0.355 e. The summed E-state index contributed by atoms with van der Waals surface area (Å²) in [6, 6.07) is 9.93. The van der Waals surface area contributed by atoms with Crippen LogP contribution < -0.4 is 5.32 Å². The molecule has 6 nitrogen and oxygen atoms in total. The summed E-state index contributed by atoms with van der Waals surface area (Å²) in [6.45, 7) is 2.10. The van der Waals surface area contributed by atoms with Crippen LogP contribution in [-0.2, 0) is 17.8 Å². The van der Waals surface area contributed by atoms with Crippen LogP contribution in [-0.4, -0.2) is 40.1 Å². The van der Waals surface area contributed by atoms with Crippen molar-refractivity contribution in [2.45, 2.75) is 44.2 Å². The molecule has 1 amide bonds. The molecular formula is C18H22N4O2. The average molecular weight is 326 g/mol. The molecule has 1 unspecified atom stereocenters. The van der Waals surface area contributed by atoms with Crippen molar-refractivity contribution in [3.8, 4) is 0 Å². The molecule has 1 atom stereocenters. The number of nitrogens with zero attached hydrogens (tertiary/aromatic N) is 3. The van der Waals surface area contributed by atoms with Gasteiger partial charge in [-0.05, 0) is 31.2 Å². The minimum absolute atomic E-state index is 0.0817. The molecule has 6 heteroatoms. The number of aromatic nitrogens is 2. The van der Waals surface area contributed by atoms with Crippen molar-refractivity contribution in [2.75, 3.05) is 13.1 Å². The van der Waals surface area contributed by atoms with Gasteiger partial charge in [0.2, 0.25) is 11.8 Å². The molecule has 0 bridgehead atoms. The highest BCUT2D eigenvalue weighted by Gasteiger charge is 2.32. The molecule has 2 aliphatic rings. The summed E-state index contributed by atoms with van der Waals surface area (Å²) < 4.78 is 5.41. The van der Waals surface area contributed by atoms with Crippen molar-refractivity contribution >= 4 is 5.91 Å². The second-order valence-corrected chi connectivity index (χ2v) is 6.64. The highest BCUT2D eigenvalue weighted by molar-refractivity contribution is 5.82. The first-order chi connectivity index (χ1) is 11.8. The summed E-state index contributed by atoms with van der Waals surface area (Å²) in [5.74, 6) is 2.00. The summed E-state index contributed by atoms with van der Waals surface area (Å²) in [5.41, 5.74) is 1.16. The first kappa shape index (κ1) is 15.3. The van der Waals surface area contributed by atoms with E-state index in [1.54, 1.807) is 0 Å². The normalized spacial score (nSPS) is 22.2. The van der Waals surface area contributed by atoms with E-state index in [1.165, 1.54) is 0 Å². The second kappa shape index (κ2) is 6.73. The van der Waals surface area contributed by atoms with Crippen LogP contribution in [0.15, 0.2) is 34.9 Å². The molecule has 1 aromatic heterocycles. The van der Waals surface area contributed by atoms with E-state index < -0.39 is 0 Å². The smallest absolute Gasteiger partial charge is 0.240 e. The van der Waals surface area contributed by atoms with Crippen LogP contribution in [0, 0.1) is 0 Å². The van der Waals surface area contributed by atoms with Gasteiger partial charge in [-0.15, -0.1) is 0 Å². The van der Waals surface area contributed by atoms with Crippen LogP contribution in [0.1, 0.15) is 42.5 Å². The summed E-state index contributed by atoms with van der Waals surface area (Å²) in [7, 11) is 0. The Balaban J connectivity index is 1.51. The van der Waals surface area contributed by atoms with E-state index >= 15 is 0 Å². The van der Waals surface area contributed by atoms with Crippen molar-refractivity contribution in [1.29, 1.82) is 0 Å². The van der Waals surface area contributed by atoms with E-state index in [9.17, 15) is 4.79 Å². The molecule has 1 aromatic carbocycles. The van der Waals surface area contributed by atoms with Gasteiger partial charge in [0.25, 0.3) is 0 Å². The monoisotopic (exact) mass is 326 g/mol. The lowest BCUT2D eigenvalue weighted by Crippen LogP contribution is -2.45. The SMILES string of the molecule is O=C1NCCCN(Cc2nc(C3CC3)no2)C1Cc1ccccc1. The Morgan fingerprint density at radius 3 is 2.88 bits per heavy atom. The summed E-state index contributed by atoms with van der Waals surface area (Å²) in [4.78, 5) is 19.2. The van der Waals surface area contributed by atoms with E-state index in [1.807, 2.05) is 18.2 Å². The van der Waals surface area contributed by atoms with Gasteiger partial charge in [-0.3, -0.25) is 9.69 Å². The number of nitrogens with one attached hydrogen (secondary N) is 1. The van der Waals surface area contributed by atoms with E-state index in [4.69, 9.17) is 4.52 Å².